The van der Waals surface area contributed by atoms with Gasteiger partial charge >= 0.3 is 0 Å². The highest BCUT2D eigenvalue weighted by Crippen LogP contribution is 2.38. The van der Waals surface area contributed by atoms with Crippen LogP contribution in [-0.4, -0.2) is 0 Å². The third-order valence-electron chi connectivity index (χ3n) is 3.03. The Morgan fingerprint density at radius 1 is 1.00 bits per heavy atom. The van der Waals surface area contributed by atoms with E-state index < -0.39 is 0 Å². The highest BCUT2D eigenvalue weighted by molar-refractivity contribution is 7.19. The van der Waals surface area contributed by atoms with Crippen molar-refractivity contribution >= 4 is 42.8 Å². The first-order valence-corrected chi connectivity index (χ1v) is 6.94. The number of hydrogen-bond donors (Lipinski definition) is 0. The van der Waals surface area contributed by atoms with Crippen LogP contribution in [0.2, 0.25) is 0 Å². The predicted octanol–water partition coefficient (Wildman–Crippen LogP) is 4.99. The Kier molecular flexibility index (Phi) is 2.08. The molecule has 0 radical (unpaired) electrons. The van der Waals surface area contributed by atoms with Crippen LogP contribution in [0.5, 0.6) is 0 Å². The van der Waals surface area contributed by atoms with Gasteiger partial charge in [0.1, 0.15) is 0 Å². The predicted molar refractivity (Wildman–Crippen MR) is 71.3 cm³/mol. The smallest absolute Gasteiger partial charge is 0.0384 e. The zero-order valence-corrected chi connectivity index (χ0v) is 10.5. The maximum absolute atomic E-state index is 2.27. The lowest BCUT2D eigenvalue weighted by Gasteiger charge is -2.06. The summed E-state index contributed by atoms with van der Waals surface area (Å²) in [6.45, 7) is 4.49. The fourth-order valence-electron chi connectivity index (χ4n) is 2.27. The topological polar surface area (TPSA) is 0 Å². The van der Waals surface area contributed by atoms with Crippen LogP contribution < -0.4 is 0 Å². The Balaban J connectivity index is 2.64. The summed E-state index contributed by atoms with van der Waals surface area (Å²) >= 11 is 3.74. The van der Waals surface area contributed by atoms with E-state index in [1.807, 2.05) is 22.7 Å². The maximum atomic E-state index is 2.27. The second-order valence-electron chi connectivity index (χ2n) is 3.78. The average molecular weight is 232 g/mol. The summed E-state index contributed by atoms with van der Waals surface area (Å²) in [5, 5.41) is 7.34. The molecule has 3 aromatic rings. The summed E-state index contributed by atoms with van der Waals surface area (Å²) in [7, 11) is 0. The molecule has 0 amide bonds. The van der Waals surface area contributed by atoms with Crippen molar-refractivity contribution in [1.29, 1.82) is 0 Å². The molecule has 0 saturated heterocycles. The van der Waals surface area contributed by atoms with Crippen molar-refractivity contribution in [3.63, 3.8) is 0 Å². The summed E-state index contributed by atoms with van der Waals surface area (Å²) in [6.07, 6.45) is 1.13. The zero-order chi connectivity index (χ0) is 10.4. The molecule has 0 fully saturated rings. The van der Waals surface area contributed by atoms with E-state index in [0.29, 0.717) is 0 Å². The van der Waals surface area contributed by atoms with Gasteiger partial charge in [-0.1, -0.05) is 6.92 Å². The molecule has 2 heterocycles. The second-order valence-corrected chi connectivity index (χ2v) is 5.62. The van der Waals surface area contributed by atoms with Crippen molar-refractivity contribution in [3.8, 4) is 0 Å². The van der Waals surface area contributed by atoms with Gasteiger partial charge in [-0.15, -0.1) is 22.7 Å². The zero-order valence-electron chi connectivity index (χ0n) is 8.83. The van der Waals surface area contributed by atoms with E-state index in [1.165, 1.54) is 31.3 Å². The Labute approximate surface area is 97.2 Å². The van der Waals surface area contributed by atoms with E-state index in [2.05, 4.69) is 36.7 Å². The third-order valence-corrected chi connectivity index (χ3v) is 5.04. The quantitative estimate of drug-likeness (QED) is 0.554. The van der Waals surface area contributed by atoms with Crippen LogP contribution in [0.1, 0.15) is 18.1 Å². The Bertz CT molecular complexity index is 577. The lowest BCUT2D eigenvalue weighted by atomic mass is 10.0. The number of fused-ring (bicyclic) bond motifs is 2. The van der Waals surface area contributed by atoms with Crippen LogP contribution in [0.4, 0.5) is 0 Å². The molecule has 76 valence electrons. The van der Waals surface area contributed by atoms with Gasteiger partial charge in [-0.05, 0) is 58.1 Å². The molecule has 0 atom stereocenters. The monoisotopic (exact) mass is 232 g/mol. The lowest BCUT2D eigenvalue weighted by Crippen LogP contribution is -1.84. The molecule has 0 unspecified atom stereocenters. The van der Waals surface area contributed by atoms with Crippen molar-refractivity contribution in [2.24, 2.45) is 0 Å². The summed E-state index contributed by atoms with van der Waals surface area (Å²) in [6, 6.07) is 4.53. The van der Waals surface area contributed by atoms with E-state index in [9.17, 15) is 0 Å². The van der Waals surface area contributed by atoms with Crippen LogP contribution in [0.15, 0.2) is 22.9 Å². The average Bonchev–Trinajstić information content (AvgIpc) is 2.85. The van der Waals surface area contributed by atoms with Crippen LogP contribution >= 0.6 is 22.7 Å². The van der Waals surface area contributed by atoms with Crippen LogP contribution in [-0.2, 0) is 6.42 Å². The largest absolute Gasteiger partial charge is 0.144 e. The van der Waals surface area contributed by atoms with Crippen LogP contribution in [0.25, 0.3) is 20.2 Å². The van der Waals surface area contributed by atoms with Gasteiger partial charge in [-0.3, -0.25) is 0 Å². The number of rotatable bonds is 1. The molecule has 1 aromatic carbocycles. The van der Waals surface area contributed by atoms with Gasteiger partial charge in [0.25, 0.3) is 0 Å². The molecule has 0 nitrogen and oxygen atoms in total. The molecule has 3 rings (SSSR count). The highest BCUT2D eigenvalue weighted by atomic mass is 32.1. The highest BCUT2D eigenvalue weighted by Gasteiger charge is 2.11. The minimum absolute atomic E-state index is 1.13. The molecule has 0 bridgehead atoms. The van der Waals surface area contributed by atoms with Crippen molar-refractivity contribution < 1.29 is 0 Å². The van der Waals surface area contributed by atoms with Gasteiger partial charge < -0.3 is 0 Å². The Hall–Kier alpha value is -0.860. The van der Waals surface area contributed by atoms with Gasteiger partial charge in [-0.2, -0.15) is 0 Å². The van der Waals surface area contributed by atoms with E-state index in [0.717, 1.165) is 6.42 Å². The molecule has 0 aliphatic heterocycles. The van der Waals surface area contributed by atoms with Gasteiger partial charge in [-0.25, -0.2) is 0 Å². The van der Waals surface area contributed by atoms with E-state index in [4.69, 9.17) is 0 Å². The first-order valence-electron chi connectivity index (χ1n) is 5.18. The van der Waals surface area contributed by atoms with Crippen molar-refractivity contribution in [2.45, 2.75) is 20.3 Å². The van der Waals surface area contributed by atoms with Crippen LogP contribution in [0, 0.1) is 6.92 Å². The van der Waals surface area contributed by atoms with Gasteiger partial charge in [0.2, 0.25) is 0 Å². The summed E-state index contributed by atoms with van der Waals surface area (Å²) < 4.78 is 2.96. The molecule has 0 spiro atoms. The first-order chi connectivity index (χ1) is 7.33. The fraction of sp³-hybridized carbons (Fsp3) is 0.231. The minimum Gasteiger partial charge on any atom is -0.144 e. The molecular weight excluding hydrogens is 220 g/mol. The molecule has 2 aromatic heterocycles. The summed E-state index contributed by atoms with van der Waals surface area (Å²) in [4.78, 5) is 0. The number of thiophene rings is 2. The van der Waals surface area contributed by atoms with Crippen molar-refractivity contribution in [3.05, 3.63) is 34.0 Å². The minimum atomic E-state index is 1.13. The number of hydrogen-bond acceptors (Lipinski definition) is 2. The third kappa shape index (κ3) is 1.18. The molecule has 15 heavy (non-hydrogen) atoms. The SMILES string of the molecule is CCc1c2ccsc2c(C)c2ccsc12. The number of aryl methyl sites for hydroxylation is 2. The second kappa shape index (κ2) is 3.32. The number of benzene rings is 1. The molecule has 0 saturated carbocycles. The summed E-state index contributed by atoms with van der Waals surface area (Å²) in [5.74, 6) is 0. The maximum Gasteiger partial charge on any atom is 0.0384 e. The summed E-state index contributed by atoms with van der Waals surface area (Å²) in [5.41, 5.74) is 2.98. The fourth-order valence-corrected chi connectivity index (χ4v) is 4.30. The van der Waals surface area contributed by atoms with E-state index in [-0.39, 0.29) is 0 Å². The Morgan fingerprint density at radius 2 is 1.67 bits per heavy atom. The van der Waals surface area contributed by atoms with E-state index >= 15 is 0 Å². The van der Waals surface area contributed by atoms with E-state index in [1.54, 1.807) is 0 Å². The molecule has 0 aliphatic carbocycles. The van der Waals surface area contributed by atoms with Crippen molar-refractivity contribution in [1.82, 2.24) is 0 Å². The lowest BCUT2D eigenvalue weighted by molar-refractivity contribution is 1.18. The van der Waals surface area contributed by atoms with Gasteiger partial charge in [0.05, 0.1) is 0 Å². The Morgan fingerprint density at radius 3 is 2.40 bits per heavy atom. The molecule has 2 heteroatoms. The normalized spacial score (nSPS) is 11.6. The van der Waals surface area contributed by atoms with Gasteiger partial charge in [0, 0.05) is 9.40 Å². The molecular formula is C13H12S2. The first kappa shape index (κ1) is 9.37. The van der Waals surface area contributed by atoms with Crippen molar-refractivity contribution in [2.75, 3.05) is 0 Å². The molecule has 0 N–H and O–H groups in total. The molecule has 0 aliphatic rings. The van der Waals surface area contributed by atoms with Crippen LogP contribution in [0.3, 0.4) is 0 Å². The standard InChI is InChI=1S/C13H12S2/c1-3-9-11-5-7-14-12(11)8(2)10-4-6-15-13(9)10/h4-7H,3H2,1-2H3. The van der Waals surface area contributed by atoms with Gasteiger partial charge in [0.15, 0.2) is 0 Å².